The molecule has 0 atom stereocenters. The maximum Gasteiger partial charge on any atom is 0.233 e. The molecule has 0 spiro atoms. The third kappa shape index (κ3) is 4.31. The number of rotatable bonds is 5. The summed E-state index contributed by atoms with van der Waals surface area (Å²) < 4.78 is 26.1. The Morgan fingerprint density at radius 1 is 1.30 bits per heavy atom. The number of nitrogens with one attached hydrogen (secondary N) is 1. The Labute approximate surface area is 124 Å². The first kappa shape index (κ1) is 15.5. The van der Waals surface area contributed by atoms with Crippen molar-refractivity contribution in [2.45, 2.75) is 31.3 Å². The summed E-state index contributed by atoms with van der Waals surface area (Å²) in [5.41, 5.74) is -0.259. The van der Waals surface area contributed by atoms with Crippen molar-refractivity contribution < 1.29 is 13.5 Å². The Hall–Kier alpha value is -0.880. The number of benzene rings is 1. The van der Waals surface area contributed by atoms with E-state index in [0.29, 0.717) is 23.4 Å². The van der Waals surface area contributed by atoms with E-state index in [1.54, 1.807) is 24.3 Å². The highest BCUT2D eigenvalue weighted by molar-refractivity contribution is 7.92. The lowest BCUT2D eigenvalue weighted by Crippen LogP contribution is -2.40. The molecule has 1 aromatic rings. The standard InChI is InChI=1S/C14H18ClNO3S/c15-13-6-2-1-5-12(13)7-10-20(18,19)16-11-14(17)8-3-4-9-14/h1-2,5-7,10,16-17H,3-4,8-9,11H2/b10-7+. The average molecular weight is 316 g/mol. The monoisotopic (exact) mass is 315 g/mol. The molecular weight excluding hydrogens is 298 g/mol. The second-order valence-corrected chi connectivity index (χ2v) is 7.18. The molecule has 1 aliphatic carbocycles. The van der Waals surface area contributed by atoms with Crippen LogP contribution in [0.25, 0.3) is 6.08 Å². The molecule has 20 heavy (non-hydrogen) atoms. The van der Waals surface area contributed by atoms with Crippen LogP contribution in [0.1, 0.15) is 31.2 Å². The van der Waals surface area contributed by atoms with E-state index in [-0.39, 0.29) is 6.54 Å². The van der Waals surface area contributed by atoms with Crippen LogP contribution in [-0.2, 0) is 10.0 Å². The fourth-order valence-electron chi connectivity index (χ4n) is 2.27. The van der Waals surface area contributed by atoms with Crippen molar-refractivity contribution in [3.63, 3.8) is 0 Å². The van der Waals surface area contributed by atoms with Gasteiger partial charge in [-0.05, 0) is 30.5 Å². The molecular formula is C14H18ClNO3S. The van der Waals surface area contributed by atoms with Crippen LogP contribution in [0.2, 0.25) is 5.02 Å². The molecule has 2 rings (SSSR count). The van der Waals surface area contributed by atoms with Crippen molar-refractivity contribution in [1.82, 2.24) is 4.72 Å². The number of hydrogen-bond donors (Lipinski definition) is 2. The lowest BCUT2D eigenvalue weighted by atomic mass is 10.0. The third-order valence-electron chi connectivity index (χ3n) is 3.47. The van der Waals surface area contributed by atoms with E-state index in [9.17, 15) is 13.5 Å². The van der Waals surface area contributed by atoms with Gasteiger partial charge in [0, 0.05) is 17.0 Å². The molecule has 0 saturated heterocycles. The quantitative estimate of drug-likeness (QED) is 0.877. The fraction of sp³-hybridized carbons (Fsp3) is 0.429. The lowest BCUT2D eigenvalue weighted by Gasteiger charge is -2.21. The third-order valence-corrected chi connectivity index (χ3v) is 4.85. The molecule has 1 saturated carbocycles. The summed E-state index contributed by atoms with van der Waals surface area (Å²) in [7, 11) is -3.57. The largest absolute Gasteiger partial charge is 0.389 e. The van der Waals surface area contributed by atoms with Crippen molar-refractivity contribution in [2.75, 3.05) is 6.54 Å². The van der Waals surface area contributed by atoms with Gasteiger partial charge in [0.1, 0.15) is 0 Å². The van der Waals surface area contributed by atoms with Gasteiger partial charge >= 0.3 is 0 Å². The number of halogens is 1. The Morgan fingerprint density at radius 3 is 2.60 bits per heavy atom. The van der Waals surface area contributed by atoms with E-state index in [4.69, 9.17) is 11.6 Å². The van der Waals surface area contributed by atoms with Gasteiger partial charge in [-0.15, -0.1) is 0 Å². The minimum Gasteiger partial charge on any atom is -0.389 e. The van der Waals surface area contributed by atoms with E-state index in [1.165, 1.54) is 6.08 Å². The van der Waals surface area contributed by atoms with Crippen LogP contribution in [0.5, 0.6) is 0 Å². The Morgan fingerprint density at radius 2 is 1.95 bits per heavy atom. The van der Waals surface area contributed by atoms with Crippen LogP contribution in [-0.4, -0.2) is 25.7 Å². The van der Waals surface area contributed by atoms with Crippen molar-refractivity contribution in [2.24, 2.45) is 0 Å². The van der Waals surface area contributed by atoms with Gasteiger partial charge in [-0.25, -0.2) is 13.1 Å². The maximum atomic E-state index is 11.9. The highest BCUT2D eigenvalue weighted by atomic mass is 35.5. The van der Waals surface area contributed by atoms with Gasteiger partial charge in [-0.2, -0.15) is 0 Å². The summed E-state index contributed by atoms with van der Waals surface area (Å²) in [6.45, 7) is 0.0577. The molecule has 0 unspecified atom stereocenters. The topological polar surface area (TPSA) is 66.4 Å². The maximum absolute atomic E-state index is 11.9. The van der Waals surface area contributed by atoms with Crippen LogP contribution in [0.3, 0.4) is 0 Å². The van der Waals surface area contributed by atoms with Crippen LogP contribution in [0.15, 0.2) is 29.7 Å². The zero-order valence-electron chi connectivity index (χ0n) is 11.0. The Balaban J connectivity index is 1.99. The van der Waals surface area contributed by atoms with Crippen molar-refractivity contribution in [3.05, 3.63) is 40.3 Å². The minimum atomic E-state index is -3.57. The molecule has 0 aromatic heterocycles. The first-order valence-electron chi connectivity index (χ1n) is 6.55. The van der Waals surface area contributed by atoms with Crippen molar-refractivity contribution >= 4 is 27.7 Å². The van der Waals surface area contributed by atoms with Gasteiger partial charge in [0.25, 0.3) is 0 Å². The van der Waals surface area contributed by atoms with E-state index in [0.717, 1.165) is 18.2 Å². The normalized spacial score (nSPS) is 18.7. The first-order chi connectivity index (χ1) is 9.40. The Kier molecular flexibility index (Phi) is 4.86. The summed E-state index contributed by atoms with van der Waals surface area (Å²) in [6, 6.07) is 7.00. The minimum absolute atomic E-state index is 0.0577. The van der Waals surface area contributed by atoms with E-state index in [1.807, 2.05) is 0 Å². The van der Waals surface area contributed by atoms with Crippen LogP contribution < -0.4 is 4.72 Å². The highest BCUT2D eigenvalue weighted by Gasteiger charge is 2.31. The fourth-order valence-corrected chi connectivity index (χ4v) is 3.36. The molecule has 1 aliphatic rings. The van der Waals surface area contributed by atoms with Crippen molar-refractivity contribution in [3.8, 4) is 0 Å². The van der Waals surface area contributed by atoms with Crippen LogP contribution in [0.4, 0.5) is 0 Å². The van der Waals surface area contributed by atoms with Gasteiger partial charge in [-0.3, -0.25) is 0 Å². The molecule has 0 radical (unpaired) electrons. The summed E-state index contributed by atoms with van der Waals surface area (Å²) in [4.78, 5) is 0. The molecule has 2 N–H and O–H groups in total. The number of aliphatic hydroxyl groups is 1. The van der Waals surface area contributed by atoms with E-state index < -0.39 is 15.6 Å². The van der Waals surface area contributed by atoms with Gasteiger partial charge < -0.3 is 5.11 Å². The molecule has 110 valence electrons. The van der Waals surface area contributed by atoms with E-state index >= 15 is 0 Å². The molecule has 0 amide bonds. The lowest BCUT2D eigenvalue weighted by molar-refractivity contribution is 0.0532. The molecule has 0 aliphatic heterocycles. The molecule has 4 nitrogen and oxygen atoms in total. The van der Waals surface area contributed by atoms with Gasteiger partial charge in [0.2, 0.25) is 10.0 Å². The zero-order chi connectivity index (χ0) is 14.6. The number of sulfonamides is 1. The van der Waals surface area contributed by atoms with Gasteiger partial charge in [0.05, 0.1) is 5.60 Å². The summed E-state index contributed by atoms with van der Waals surface area (Å²) in [5, 5.41) is 11.7. The van der Waals surface area contributed by atoms with E-state index in [2.05, 4.69) is 4.72 Å². The van der Waals surface area contributed by atoms with Crippen LogP contribution >= 0.6 is 11.6 Å². The Bertz CT molecular complexity index is 592. The summed E-state index contributed by atoms with van der Waals surface area (Å²) in [5.74, 6) is 0. The molecule has 0 bridgehead atoms. The average Bonchev–Trinajstić information content (AvgIpc) is 2.84. The van der Waals surface area contributed by atoms with Gasteiger partial charge in [0.15, 0.2) is 0 Å². The van der Waals surface area contributed by atoms with Gasteiger partial charge in [-0.1, -0.05) is 42.6 Å². The first-order valence-corrected chi connectivity index (χ1v) is 8.47. The molecule has 6 heteroatoms. The van der Waals surface area contributed by atoms with Crippen LogP contribution in [0, 0.1) is 0 Å². The second-order valence-electron chi connectivity index (χ2n) is 5.12. The van der Waals surface area contributed by atoms with Crippen molar-refractivity contribution in [1.29, 1.82) is 0 Å². The SMILES string of the molecule is O=S(=O)(/C=C/c1ccccc1Cl)NCC1(O)CCCC1. The summed E-state index contributed by atoms with van der Waals surface area (Å²) in [6.07, 6.45) is 4.61. The summed E-state index contributed by atoms with van der Waals surface area (Å²) >= 11 is 5.95. The smallest absolute Gasteiger partial charge is 0.233 e. The molecule has 1 fully saturated rings. The zero-order valence-corrected chi connectivity index (χ0v) is 12.6. The second kappa shape index (κ2) is 6.26. The molecule has 0 heterocycles. The number of hydrogen-bond acceptors (Lipinski definition) is 3. The predicted molar refractivity (Wildman–Crippen MR) is 80.8 cm³/mol. The molecule has 1 aromatic carbocycles. The highest BCUT2D eigenvalue weighted by Crippen LogP contribution is 2.28. The predicted octanol–water partition coefficient (Wildman–Crippen LogP) is 2.54.